The van der Waals surface area contributed by atoms with Crippen LogP contribution < -0.4 is 0 Å². The first kappa shape index (κ1) is 28.6. The molecule has 21 heavy (non-hydrogen) atoms. The molecule has 0 spiro atoms. The number of carbonyl (C=O) groups excluding carboxylic acids is 1. The fraction of sp³-hybridized carbons (Fsp3) is 0.944. The van der Waals surface area contributed by atoms with Crippen LogP contribution in [-0.4, -0.2) is 18.1 Å². The molecular formula is C18H42O3. The molecule has 0 aromatic rings. The van der Waals surface area contributed by atoms with Gasteiger partial charge in [0, 0.05) is 6.92 Å². The van der Waals surface area contributed by atoms with Gasteiger partial charge in [0.05, 0.1) is 6.61 Å². The molecule has 0 radical (unpaired) electrons. The van der Waals surface area contributed by atoms with E-state index in [0.717, 1.165) is 0 Å². The minimum Gasteiger partial charge on any atom is -0.466 e. The Bertz CT molecular complexity index is 141. The van der Waals surface area contributed by atoms with Crippen molar-refractivity contribution in [1.82, 2.24) is 0 Å². The molecule has 0 fully saturated rings. The summed E-state index contributed by atoms with van der Waals surface area (Å²) in [5.74, 6) is -0.211. The average molecular weight is 307 g/mol. The highest BCUT2D eigenvalue weighted by atomic mass is 16.5. The number of unbranched alkanes of at least 4 members (excludes halogenated alkanes) is 8. The van der Waals surface area contributed by atoms with Crippen LogP contribution in [0.25, 0.3) is 0 Å². The SMILES string of the molecule is CCCCCCC.CCCCCCC.CCOC(C)=O.O. The molecule has 0 aromatic heterocycles. The molecule has 0 bridgehead atoms. The maximum atomic E-state index is 9.82. The van der Waals surface area contributed by atoms with Gasteiger partial charge < -0.3 is 10.2 Å². The second kappa shape index (κ2) is 31.7. The zero-order valence-electron chi connectivity index (χ0n) is 15.6. The zero-order chi connectivity index (χ0) is 16.1. The van der Waals surface area contributed by atoms with Gasteiger partial charge in [-0.1, -0.05) is 91.9 Å². The molecule has 3 heteroatoms. The Labute approximate surface area is 134 Å². The summed E-state index contributed by atoms with van der Waals surface area (Å²) >= 11 is 0. The van der Waals surface area contributed by atoms with E-state index in [9.17, 15) is 4.79 Å². The topological polar surface area (TPSA) is 57.8 Å². The van der Waals surface area contributed by atoms with Crippen molar-refractivity contribution in [2.45, 2.75) is 106 Å². The zero-order valence-corrected chi connectivity index (χ0v) is 15.6. The molecule has 0 amide bonds. The molecule has 0 saturated heterocycles. The van der Waals surface area contributed by atoms with Gasteiger partial charge >= 0.3 is 5.97 Å². The molecule has 3 nitrogen and oxygen atoms in total. The third-order valence-electron chi connectivity index (χ3n) is 2.76. The van der Waals surface area contributed by atoms with E-state index >= 15 is 0 Å². The highest BCUT2D eigenvalue weighted by molar-refractivity contribution is 5.65. The largest absolute Gasteiger partial charge is 0.466 e. The van der Waals surface area contributed by atoms with Gasteiger partial charge in [-0.2, -0.15) is 0 Å². The van der Waals surface area contributed by atoms with Crippen LogP contribution in [0.1, 0.15) is 106 Å². The number of hydrogen-bond acceptors (Lipinski definition) is 2. The van der Waals surface area contributed by atoms with Crippen LogP contribution in [0.2, 0.25) is 0 Å². The lowest BCUT2D eigenvalue weighted by atomic mass is 10.2. The van der Waals surface area contributed by atoms with Gasteiger partial charge in [-0.15, -0.1) is 0 Å². The van der Waals surface area contributed by atoms with Crippen molar-refractivity contribution < 1.29 is 15.0 Å². The lowest BCUT2D eigenvalue weighted by Crippen LogP contribution is -1.95. The summed E-state index contributed by atoms with van der Waals surface area (Å²) in [7, 11) is 0. The van der Waals surface area contributed by atoms with Gasteiger partial charge in [-0.05, 0) is 6.92 Å². The van der Waals surface area contributed by atoms with Gasteiger partial charge in [0.15, 0.2) is 0 Å². The molecule has 0 saturated carbocycles. The molecule has 0 aliphatic heterocycles. The van der Waals surface area contributed by atoms with Gasteiger partial charge in [0.1, 0.15) is 0 Å². The Hall–Kier alpha value is -0.570. The third kappa shape index (κ3) is 54.3. The number of hydrogen-bond donors (Lipinski definition) is 0. The maximum absolute atomic E-state index is 9.82. The van der Waals surface area contributed by atoms with Crippen molar-refractivity contribution in [1.29, 1.82) is 0 Å². The minimum atomic E-state index is -0.211. The summed E-state index contributed by atoms with van der Waals surface area (Å²) < 4.78 is 4.40. The summed E-state index contributed by atoms with van der Waals surface area (Å²) in [6.07, 6.45) is 14.0. The van der Waals surface area contributed by atoms with Crippen molar-refractivity contribution in [3.05, 3.63) is 0 Å². The quantitative estimate of drug-likeness (QED) is 0.405. The van der Waals surface area contributed by atoms with Gasteiger partial charge in [-0.3, -0.25) is 4.79 Å². The van der Waals surface area contributed by atoms with E-state index in [4.69, 9.17) is 0 Å². The van der Waals surface area contributed by atoms with Crippen molar-refractivity contribution in [3.63, 3.8) is 0 Å². The van der Waals surface area contributed by atoms with E-state index in [2.05, 4.69) is 32.4 Å². The first-order valence-electron chi connectivity index (χ1n) is 8.73. The summed E-state index contributed by atoms with van der Waals surface area (Å²) in [6.45, 7) is 12.6. The van der Waals surface area contributed by atoms with Crippen LogP contribution in [0.3, 0.4) is 0 Å². The first-order valence-corrected chi connectivity index (χ1v) is 8.73. The Morgan fingerprint density at radius 2 is 0.952 bits per heavy atom. The van der Waals surface area contributed by atoms with E-state index in [1.54, 1.807) is 6.92 Å². The Kier molecular flexibility index (Phi) is 43.1. The highest BCUT2D eigenvalue weighted by Gasteiger charge is 1.82. The molecule has 2 N–H and O–H groups in total. The molecule has 0 rings (SSSR count). The fourth-order valence-electron chi connectivity index (χ4n) is 1.56. The standard InChI is InChI=1S/2C7H16.C4H8O2.H2O/c2*1-3-5-7-6-4-2;1-3-6-4(2)5;/h2*3-7H2,1-2H3;3H2,1-2H3;1H2. The molecule has 0 unspecified atom stereocenters. The van der Waals surface area contributed by atoms with Crippen LogP contribution in [0, 0.1) is 0 Å². The van der Waals surface area contributed by atoms with E-state index in [-0.39, 0.29) is 11.4 Å². The van der Waals surface area contributed by atoms with Gasteiger partial charge in [0.2, 0.25) is 0 Å². The van der Waals surface area contributed by atoms with Crippen LogP contribution in [0.15, 0.2) is 0 Å². The minimum absolute atomic E-state index is 0. The van der Waals surface area contributed by atoms with Crippen molar-refractivity contribution >= 4 is 5.97 Å². The van der Waals surface area contributed by atoms with Crippen LogP contribution in [0.5, 0.6) is 0 Å². The second-order valence-corrected chi connectivity index (χ2v) is 5.05. The maximum Gasteiger partial charge on any atom is 0.302 e. The Balaban J connectivity index is -0.000000101. The summed E-state index contributed by atoms with van der Waals surface area (Å²) in [5, 5.41) is 0. The van der Waals surface area contributed by atoms with E-state index in [1.807, 2.05) is 0 Å². The predicted molar refractivity (Wildman–Crippen MR) is 94.8 cm³/mol. The smallest absolute Gasteiger partial charge is 0.302 e. The predicted octanol–water partition coefficient (Wildman–Crippen LogP) is 5.70. The van der Waals surface area contributed by atoms with Crippen LogP contribution >= 0.6 is 0 Å². The molecule has 0 atom stereocenters. The summed E-state index contributed by atoms with van der Waals surface area (Å²) in [5.41, 5.74) is 0. The fourth-order valence-corrected chi connectivity index (χ4v) is 1.56. The van der Waals surface area contributed by atoms with E-state index < -0.39 is 0 Å². The molecule has 0 heterocycles. The second-order valence-electron chi connectivity index (χ2n) is 5.05. The summed E-state index contributed by atoms with van der Waals surface area (Å²) in [4.78, 5) is 9.82. The van der Waals surface area contributed by atoms with E-state index in [0.29, 0.717) is 6.61 Å². The summed E-state index contributed by atoms with van der Waals surface area (Å²) in [6, 6.07) is 0. The molecular weight excluding hydrogens is 264 g/mol. The third-order valence-corrected chi connectivity index (χ3v) is 2.76. The monoisotopic (exact) mass is 306 g/mol. The Morgan fingerprint density at radius 1 is 0.667 bits per heavy atom. The number of carbonyl (C=O) groups is 1. The number of esters is 1. The molecule has 0 aliphatic rings. The lowest BCUT2D eigenvalue weighted by Gasteiger charge is -1.90. The molecule has 0 aliphatic carbocycles. The lowest BCUT2D eigenvalue weighted by molar-refractivity contribution is -0.140. The Morgan fingerprint density at radius 3 is 1.05 bits per heavy atom. The van der Waals surface area contributed by atoms with Gasteiger partial charge in [0.25, 0.3) is 0 Å². The normalized spacial score (nSPS) is 8.48. The van der Waals surface area contributed by atoms with Crippen molar-refractivity contribution in [3.8, 4) is 0 Å². The number of rotatable bonds is 9. The van der Waals surface area contributed by atoms with Crippen molar-refractivity contribution in [2.24, 2.45) is 0 Å². The molecule has 0 aromatic carbocycles. The number of ether oxygens (including phenoxy) is 1. The van der Waals surface area contributed by atoms with Crippen molar-refractivity contribution in [2.75, 3.05) is 6.61 Å². The van der Waals surface area contributed by atoms with Crippen LogP contribution in [-0.2, 0) is 9.53 Å². The van der Waals surface area contributed by atoms with E-state index in [1.165, 1.54) is 71.1 Å². The highest BCUT2D eigenvalue weighted by Crippen LogP contribution is 2.00. The van der Waals surface area contributed by atoms with Crippen LogP contribution in [0.4, 0.5) is 0 Å². The first-order chi connectivity index (χ1) is 9.60. The molecule has 132 valence electrons. The average Bonchev–Trinajstić information content (AvgIpc) is 2.41. The van der Waals surface area contributed by atoms with Gasteiger partial charge in [-0.25, -0.2) is 0 Å².